The number of aromatic amines is 1. The first kappa shape index (κ1) is 15.8. The van der Waals surface area contributed by atoms with E-state index in [9.17, 15) is 4.79 Å². The second-order valence-corrected chi connectivity index (χ2v) is 6.94. The number of benzene rings is 2. The van der Waals surface area contributed by atoms with Crippen LogP contribution in [0.5, 0.6) is 0 Å². The van der Waals surface area contributed by atoms with Gasteiger partial charge in [0.05, 0.1) is 11.3 Å². The molecule has 0 fully saturated rings. The topological polar surface area (TPSA) is 58.6 Å². The number of ketones is 1. The third-order valence-electron chi connectivity index (χ3n) is 4.19. The van der Waals surface area contributed by atoms with Gasteiger partial charge in [0.1, 0.15) is 10.9 Å². The van der Waals surface area contributed by atoms with Crippen LogP contribution in [-0.2, 0) is 0 Å². The molecule has 25 heavy (non-hydrogen) atoms. The third-order valence-corrected chi connectivity index (χ3v) is 5.18. The highest BCUT2D eigenvalue weighted by Gasteiger charge is 2.17. The van der Waals surface area contributed by atoms with Crippen LogP contribution in [0.1, 0.15) is 21.9 Å². The molecule has 4 nitrogen and oxygen atoms in total. The number of hydrogen-bond acceptors (Lipinski definition) is 4. The van der Waals surface area contributed by atoms with Crippen molar-refractivity contribution in [3.63, 3.8) is 0 Å². The Bertz CT molecular complexity index is 1100. The fourth-order valence-corrected chi connectivity index (χ4v) is 4.05. The Hall–Kier alpha value is -2.66. The van der Waals surface area contributed by atoms with Crippen molar-refractivity contribution >= 4 is 39.4 Å². The lowest BCUT2D eigenvalue weighted by molar-refractivity contribution is 0.102. The molecule has 0 aliphatic carbocycles. The maximum absolute atomic E-state index is 12.9. The number of nitrogens with zero attached hydrogens (tertiary/aromatic N) is 2. The lowest BCUT2D eigenvalue weighted by atomic mass is 10.1. The number of aryl methyl sites for hydroxylation is 2. The van der Waals surface area contributed by atoms with Crippen LogP contribution in [0.2, 0.25) is 0 Å². The molecule has 0 aliphatic heterocycles. The van der Waals surface area contributed by atoms with E-state index in [1.807, 2.05) is 62.4 Å². The van der Waals surface area contributed by atoms with Gasteiger partial charge in [-0.1, -0.05) is 48.2 Å². The molecule has 0 aliphatic rings. The van der Waals surface area contributed by atoms with Gasteiger partial charge in [-0.15, -0.1) is 0 Å². The van der Waals surface area contributed by atoms with Gasteiger partial charge in [-0.25, -0.2) is 9.97 Å². The molecule has 0 spiro atoms. The molecule has 2 aromatic carbocycles. The van der Waals surface area contributed by atoms with Crippen LogP contribution in [0.25, 0.3) is 21.8 Å². The largest absolute Gasteiger partial charge is 0.358 e. The van der Waals surface area contributed by atoms with Gasteiger partial charge in [-0.3, -0.25) is 4.79 Å². The molecular weight excluding hydrogens is 330 g/mol. The minimum Gasteiger partial charge on any atom is -0.358 e. The molecule has 2 heterocycles. The zero-order valence-electron chi connectivity index (χ0n) is 14.0. The van der Waals surface area contributed by atoms with Crippen molar-refractivity contribution in [2.45, 2.75) is 18.9 Å². The monoisotopic (exact) mass is 347 g/mol. The maximum Gasteiger partial charge on any atom is 0.175 e. The Balaban J connectivity index is 1.65. The van der Waals surface area contributed by atoms with Crippen LogP contribution in [0, 0.1) is 13.8 Å². The minimum absolute atomic E-state index is 0.111. The van der Waals surface area contributed by atoms with Gasteiger partial charge in [0.2, 0.25) is 0 Å². The van der Waals surface area contributed by atoms with E-state index in [1.54, 1.807) is 0 Å². The molecule has 0 unspecified atom stereocenters. The van der Waals surface area contributed by atoms with E-state index in [0.29, 0.717) is 5.75 Å². The van der Waals surface area contributed by atoms with Gasteiger partial charge in [-0.2, -0.15) is 0 Å². The van der Waals surface area contributed by atoms with Crippen molar-refractivity contribution in [2.24, 2.45) is 0 Å². The van der Waals surface area contributed by atoms with Gasteiger partial charge in [0.15, 0.2) is 5.78 Å². The number of nitrogens with one attached hydrogen (secondary N) is 1. The predicted molar refractivity (Wildman–Crippen MR) is 102 cm³/mol. The number of para-hydroxylation sites is 2. The van der Waals surface area contributed by atoms with E-state index >= 15 is 0 Å². The quantitative estimate of drug-likeness (QED) is 0.330. The fourth-order valence-electron chi connectivity index (χ4n) is 3.11. The number of H-pyrrole nitrogens is 1. The summed E-state index contributed by atoms with van der Waals surface area (Å²) in [7, 11) is 0. The van der Waals surface area contributed by atoms with Crippen LogP contribution < -0.4 is 0 Å². The zero-order chi connectivity index (χ0) is 17.4. The molecule has 124 valence electrons. The molecule has 5 heteroatoms. The lowest BCUT2D eigenvalue weighted by Crippen LogP contribution is -2.04. The molecule has 0 atom stereocenters. The van der Waals surface area contributed by atoms with Crippen LogP contribution >= 0.6 is 11.8 Å². The summed E-state index contributed by atoms with van der Waals surface area (Å²) in [6, 6.07) is 15.8. The maximum atomic E-state index is 12.9. The number of rotatable bonds is 4. The Morgan fingerprint density at radius 3 is 2.56 bits per heavy atom. The lowest BCUT2D eigenvalue weighted by Gasteiger charge is -2.06. The normalized spacial score (nSPS) is 11.3. The highest BCUT2D eigenvalue weighted by Crippen LogP contribution is 2.28. The van der Waals surface area contributed by atoms with Gasteiger partial charge >= 0.3 is 0 Å². The first-order valence-corrected chi connectivity index (χ1v) is 9.09. The second-order valence-electron chi connectivity index (χ2n) is 5.98. The Morgan fingerprint density at radius 2 is 1.72 bits per heavy atom. The average molecular weight is 347 g/mol. The van der Waals surface area contributed by atoms with Crippen molar-refractivity contribution < 1.29 is 4.79 Å². The van der Waals surface area contributed by atoms with Crippen LogP contribution in [0.15, 0.2) is 53.6 Å². The summed E-state index contributed by atoms with van der Waals surface area (Å²) in [5.41, 5.74) is 3.60. The molecule has 4 aromatic rings. The number of fused-ring (bicyclic) bond motifs is 2. The van der Waals surface area contributed by atoms with Crippen LogP contribution in [-0.4, -0.2) is 26.5 Å². The van der Waals surface area contributed by atoms with Crippen LogP contribution in [0.4, 0.5) is 0 Å². The SMILES string of the molecule is Cc1nc(SCC(=O)c2c(C)[nH]c3ccccc23)c2ccccc2n1. The summed E-state index contributed by atoms with van der Waals surface area (Å²) in [4.78, 5) is 25.1. The summed E-state index contributed by atoms with van der Waals surface area (Å²) >= 11 is 1.47. The Kier molecular flexibility index (Phi) is 4.01. The van der Waals surface area contributed by atoms with Gasteiger partial charge < -0.3 is 4.98 Å². The summed E-state index contributed by atoms with van der Waals surface area (Å²) < 4.78 is 0. The highest BCUT2D eigenvalue weighted by atomic mass is 32.2. The summed E-state index contributed by atoms with van der Waals surface area (Å²) in [5.74, 6) is 1.18. The average Bonchev–Trinajstić information content (AvgIpc) is 2.95. The summed E-state index contributed by atoms with van der Waals surface area (Å²) in [6.07, 6.45) is 0. The molecule has 0 radical (unpaired) electrons. The summed E-state index contributed by atoms with van der Waals surface area (Å²) in [6.45, 7) is 3.82. The molecule has 0 bridgehead atoms. The van der Waals surface area contributed by atoms with Crippen LogP contribution in [0.3, 0.4) is 0 Å². The number of carbonyl (C=O) groups excluding carboxylic acids is 1. The fraction of sp³-hybridized carbons (Fsp3) is 0.150. The van der Waals surface area contributed by atoms with E-state index in [2.05, 4.69) is 15.0 Å². The van der Waals surface area contributed by atoms with E-state index < -0.39 is 0 Å². The number of aromatic nitrogens is 3. The van der Waals surface area contributed by atoms with Gasteiger partial charge in [-0.05, 0) is 26.0 Å². The highest BCUT2D eigenvalue weighted by molar-refractivity contribution is 8.00. The van der Waals surface area contributed by atoms with Gasteiger partial charge in [0, 0.05) is 27.5 Å². The minimum atomic E-state index is 0.111. The third kappa shape index (κ3) is 2.91. The van der Waals surface area contributed by atoms with Crippen molar-refractivity contribution in [1.29, 1.82) is 0 Å². The molecule has 0 saturated carbocycles. The van der Waals surface area contributed by atoms with Gasteiger partial charge in [0.25, 0.3) is 0 Å². The first-order chi connectivity index (χ1) is 12.1. The number of thioether (sulfide) groups is 1. The van der Waals surface area contributed by atoms with Crippen molar-refractivity contribution in [3.05, 3.63) is 65.6 Å². The summed E-state index contributed by atoms with van der Waals surface area (Å²) in [5, 5.41) is 2.82. The van der Waals surface area contributed by atoms with E-state index in [0.717, 1.165) is 43.9 Å². The molecule has 2 aromatic heterocycles. The smallest absolute Gasteiger partial charge is 0.175 e. The number of carbonyl (C=O) groups is 1. The van der Waals surface area contributed by atoms with E-state index in [4.69, 9.17) is 0 Å². The van der Waals surface area contributed by atoms with E-state index in [1.165, 1.54) is 11.8 Å². The number of Topliss-reactive ketones (excluding diaryl/α,β-unsaturated/α-hetero) is 1. The zero-order valence-corrected chi connectivity index (χ0v) is 14.9. The number of hydrogen-bond donors (Lipinski definition) is 1. The molecule has 0 amide bonds. The Labute approximate surface area is 149 Å². The van der Waals surface area contributed by atoms with E-state index in [-0.39, 0.29) is 5.78 Å². The standard InChI is InChI=1S/C20H17N3OS/c1-12-19(14-7-3-5-9-16(14)21-12)18(24)11-25-20-15-8-4-6-10-17(15)22-13(2)23-20/h3-10,21H,11H2,1-2H3. The Morgan fingerprint density at radius 1 is 1.00 bits per heavy atom. The predicted octanol–water partition coefficient (Wildman–Crippen LogP) is 4.70. The molecule has 1 N–H and O–H groups in total. The van der Waals surface area contributed by atoms with Crippen molar-refractivity contribution in [2.75, 3.05) is 5.75 Å². The second kappa shape index (κ2) is 6.33. The molecule has 4 rings (SSSR count). The molecule has 0 saturated heterocycles. The first-order valence-electron chi connectivity index (χ1n) is 8.10. The van der Waals surface area contributed by atoms with Crippen molar-refractivity contribution in [1.82, 2.24) is 15.0 Å². The molecular formula is C20H17N3OS. The van der Waals surface area contributed by atoms with Crippen molar-refractivity contribution in [3.8, 4) is 0 Å².